The summed E-state index contributed by atoms with van der Waals surface area (Å²) in [7, 11) is 0. The number of nitrogens with zero attached hydrogens (tertiary/aromatic N) is 3. The van der Waals surface area contributed by atoms with Gasteiger partial charge in [-0.2, -0.15) is 4.98 Å². The Labute approximate surface area is 170 Å². The van der Waals surface area contributed by atoms with Crippen LogP contribution in [0.25, 0.3) is 32.9 Å². The number of rotatable bonds is 3. The van der Waals surface area contributed by atoms with Crippen LogP contribution in [-0.4, -0.2) is 14.5 Å². The predicted molar refractivity (Wildman–Crippen MR) is 115 cm³/mol. The number of aromatic nitrogens is 3. The van der Waals surface area contributed by atoms with Crippen LogP contribution in [0, 0.1) is 11.6 Å². The van der Waals surface area contributed by atoms with Crippen LogP contribution in [0.4, 0.5) is 20.5 Å². The average molecular weight is 401 g/mol. The first-order valence-corrected chi connectivity index (χ1v) is 9.34. The van der Waals surface area contributed by atoms with Gasteiger partial charge in [-0.05, 0) is 47.5 Å². The van der Waals surface area contributed by atoms with Crippen molar-refractivity contribution in [3.63, 3.8) is 0 Å². The van der Waals surface area contributed by atoms with E-state index in [4.69, 9.17) is 11.5 Å². The van der Waals surface area contributed by atoms with E-state index in [1.807, 2.05) is 22.9 Å². The van der Waals surface area contributed by atoms with Crippen molar-refractivity contribution in [2.45, 2.75) is 6.54 Å². The largest absolute Gasteiger partial charge is 0.383 e. The van der Waals surface area contributed by atoms with Gasteiger partial charge >= 0.3 is 0 Å². The van der Waals surface area contributed by atoms with Gasteiger partial charge in [-0.15, -0.1) is 0 Å². The highest BCUT2D eigenvalue weighted by molar-refractivity contribution is 6.15. The molecule has 0 bridgehead atoms. The van der Waals surface area contributed by atoms with Crippen LogP contribution in [0.15, 0.2) is 66.9 Å². The second-order valence-corrected chi connectivity index (χ2v) is 7.12. The van der Waals surface area contributed by atoms with E-state index in [0.29, 0.717) is 17.4 Å². The quantitative estimate of drug-likeness (QED) is 0.457. The first-order chi connectivity index (χ1) is 14.5. The zero-order valence-electron chi connectivity index (χ0n) is 15.8. The zero-order valence-corrected chi connectivity index (χ0v) is 15.8. The summed E-state index contributed by atoms with van der Waals surface area (Å²) in [6.45, 7) is 0.549. The minimum Gasteiger partial charge on any atom is -0.383 e. The highest BCUT2D eigenvalue weighted by Gasteiger charge is 2.16. The predicted octanol–water partition coefficient (Wildman–Crippen LogP) is 4.74. The van der Waals surface area contributed by atoms with E-state index in [0.717, 1.165) is 27.6 Å². The molecule has 5 rings (SSSR count). The monoisotopic (exact) mass is 401 g/mol. The van der Waals surface area contributed by atoms with Crippen molar-refractivity contribution < 1.29 is 8.78 Å². The van der Waals surface area contributed by atoms with Crippen LogP contribution in [0.5, 0.6) is 0 Å². The SMILES string of the molecule is Nc1nc(N)c2c(n1)c(-c1ccc(F)cc1)cc1c2ccn1Cc1ccc(F)cc1. The Hall–Kier alpha value is -4.00. The molecule has 30 heavy (non-hydrogen) atoms. The minimum absolute atomic E-state index is 0.0773. The molecule has 0 atom stereocenters. The van der Waals surface area contributed by atoms with Crippen LogP contribution in [-0.2, 0) is 6.54 Å². The van der Waals surface area contributed by atoms with Gasteiger partial charge in [0.1, 0.15) is 17.5 Å². The third kappa shape index (κ3) is 3.00. The van der Waals surface area contributed by atoms with E-state index in [-0.39, 0.29) is 23.4 Å². The lowest BCUT2D eigenvalue weighted by atomic mass is 9.99. The number of nitrogen functional groups attached to an aromatic ring is 2. The van der Waals surface area contributed by atoms with E-state index in [1.54, 1.807) is 24.3 Å². The molecule has 0 saturated carbocycles. The topological polar surface area (TPSA) is 82.8 Å². The van der Waals surface area contributed by atoms with Gasteiger partial charge in [0.25, 0.3) is 0 Å². The summed E-state index contributed by atoms with van der Waals surface area (Å²) in [5.41, 5.74) is 16.1. The van der Waals surface area contributed by atoms with Gasteiger partial charge in [-0.1, -0.05) is 24.3 Å². The molecule has 0 unspecified atom stereocenters. The van der Waals surface area contributed by atoms with Crippen molar-refractivity contribution >= 4 is 33.6 Å². The number of hydrogen-bond acceptors (Lipinski definition) is 4. The van der Waals surface area contributed by atoms with E-state index < -0.39 is 0 Å². The Morgan fingerprint density at radius 3 is 2.20 bits per heavy atom. The van der Waals surface area contributed by atoms with Crippen molar-refractivity contribution in [2.24, 2.45) is 0 Å². The molecule has 5 nitrogen and oxygen atoms in total. The molecule has 0 aliphatic heterocycles. The minimum atomic E-state index is -0.322. The van der Waals surface area contributed by atoms with Crippen LogP contribution >= 0.6 is 0 Å². The summed E-state index contributed by atoms with van der Waals surface area (Å²) in [4.78, 5) is 8.57. The molecule has 0 saturated heterocycles. The van der Waals surface area contributed by atoms with Gasteiger partial charge in [-0.25, -0.2) is 13.8 Å². The Morgan fingerprint density at radius 2 is 1.50 bits per heavy atom. The highest BCUT2D eigenvalue weighted by Crippen LogP contribution is 2.37. The lowest BCUT2D eigenvalue weighted by Crippen LogP contribution is -2.03. The third-order valence-electron chi connectivity index (χ3n) is 5.19. The molecule has 148 valence electrons. The van der Waals surface area contributed by atoms with Crippen molar-refractivity contribution in [3.8, 4) is 11.1 Å². The highest BCUT2D eigenvalue weighted by atomic mass is 19.1. The number of hydrogen-bond donors (Lipinski definition) is 2. The summed E-state index contributed by atoms with van der Waals surface area (Å²) in [6, 6.07) is 16.5. The van der Waals surface area contributed by atoms with Crippen molar-refractivity contribution in [1.82, 2.24) is 14.5 Å². The molecule has 7 heteroatoms. The molecule has 0 aliphatic carbocycles. The standard InChI is InChI=1S/C23H17F2N5/c24-15-5-1-13(2-6-15)12-30-10-9-17-19(30)11-18(14-3-7-16(25)8-4-14)21-20(17)22(26)29-23(27)28-21/h1-11H,12H2,(H4,26,27,28,29). The smallest absolute Gasteiger partial charge is 0.222 e. The van der Waals surface area contributed by atoms with Gasteiger partial charge in [0.2, 0.25) is 5.95 Å². The van der Waals surface area contributed by atoms with Gasteiger partial charge in [0.15, 0.2) is 0 Å². The molecule has 3 aromatic carbocycles. The van der Waals surface area contributed by atoms with Crippen molar-refractivity contribution in [2.75, 3.05) is 11.5 Å². The maximum absolute atomic E-state index is 13.5. The number of anilines is 2. The number of halogens is 2. The van der Waals surface area contributed by atoms with Crippen molar-refractivity contribution in [3.05, 3.63) is 84.1 Å². The number of nitrogens with two attached hydrogens (primary N) is 2. The second kappa shape index (κ2) is 6.81. The lowest BCUT2D eigenvalue weighted by Gasteiger charge is -2.12. The molecule has 0 fully saturated rings. The third-order valence-corrected chi connectivity index (χ3v) is 5.19. The molecular formula is C23H17F2N5. The van der Waals surface area contributed by atoms with Crippen LogP contribution < -0.4 is 11.5 Å². The molecule has 0 aliphatic rings. The van der Waals surface area contributed by atoms with E-state index in [9.17, 15) is 8.78 Å². The molecule has 0 spiro atoms. The average Bonchev–Trinajstić information content (AvgIpc) is 3.11. The first-order valence-electron chi connectivity index (χ1n) is 9.34. The number of fused-ring (bicyclic) bond motifs is 3. The molecule has 2 aromatic heterocycles. The fourth-order valence-corrected chi connectivity index (χ4v) is 3.79. The molecule has 4 N–H and O–H groups in total. The zero-order chi connectivity index (χ0) is 20.8. The fourth-order valence-electron chi connectivity index (χ4n) is 3.79. The maximum atomic E-state index is 13.5. The van der Waals surface area contributed by atoms with Gasteiger partial charge < -0.3 is 16.0 Å². The summed E-state index contributed by atoms with van der Waals surface area (Å²) < 4.78 is 28.8. The summed E-state index contributed by atoms with van der Waals surface area (Å²) in [6.07, 6.45) is 1.94. The lowest BCUT2D eigenvalue weighted by molar-refractivity contribution is 0.626. The molecule has 2 heterocycles. The second-order valence-electron chi connectivity index (χ2n) is 7.12. The molecule has 5 aromatic rings. The normalized spacial score (nSPS) is 11.4. The van der Waals surface area contributed by atoms with Gasteiger partial charge in [-0.3, -0.25) is 0 Å². The van der Waals surface area contributed by atoms with E-state index >= 15 is 0 Å². The molecule has 0 radical (unpaired) electrons. The van der Waals surface area contributed by atoms with Crippen LogP contribution in [0.3, 0.4) is 0 Å². The van der Waals surface area contributed by atoms with Gasteiger partial charge in [0, 0.05) is 29.2 Å². The Kier molecular flexibility index (Phi) is 4.10. The fraction of sp³-hybridized carbons (Fsp3) is 0.0435. The molecule has 0 amide bonds. The summed E-state index contributed by atoms with van der Waals surface area (Å²) in [5, 5.41) is 1.58. The summed E-state index contributed by atoms with van der Waals surface area (Å²) >= 11 is 0. The van der Waals surface area contributed by atoms with Crippen molar-refractivity contribution in [1.29, 1.82) is 0 Å². The Bertz CT molecular complexity index is 1390. The summed E-state index contributed by atoms with van der Waals surface area (Å²) in [5.74, 6) is -0.236. The maximum Gasteiger partial charge on any atom is 0.222 e. The van der Waals surface area contributed by atoms with Crippen LogP contribution in [0.1, 0.15) is 5.56 Å². The van der Waals surface area contributed by atoms with Crippen LogP contribution in [0.2, 0.25) is 0 Å². The number of benzene rings is 3. The Morgan fingerprint density at radius 1 is 0.833 bits per heavy atom. The Balaban J connectivity index is 1.78. The molecular weight excluding hydrogens is 384 g/mol. The van der Waals surface area contributed by atoms with Gasteiger partial charge in [0.05, 0.1) is 10.9 Å². The van der Waals surface area contributed by atoms with E-state index in [1.165, 1.54) is 24.3 Å². The first kappa shape index (κ1) is 18.1. The van der Waals surface area contributed by atoms with E-state index in [2.05, 4.69) is 9.97 Å².